The normalized spacial score (nSPS) is 24.3. The molecule has 2 aliphatic rings. The standard InChI is InChI=1S/C18H16N2O3/c1-20-14-10-6-4-8-12(14)18(17(20)22)15(16(21)23-2)11-7-3-5-9-13(11)19-18/h3-10,15,19H,1-2H3. The van der Waals surface area contributed by atoms with Gasteiger partial charge in [0.25, 0.3) is 5.91 Å². The summed E-state index contributed by atoms with van der Waals surface area (Å²) in [6.45, 7) is 0. The van der Waals surface area contributed by atoms with Crippen LogP contribution in [0.25, 0.3) is 0 Å². The number of amides is 1. The van der Waals surface area contributed by atoms with Crippen LogP contribution in [0.5, 0.6) is 0 Å². The number of nitrogens with zero attached hydrogens (tertiary/aromatic N) is 1. The number of carbonyl (C=O) groups is 2. The van der Waals surface area contributed by atoms with Crippen LogP contribution in [0.4, 0.5) is 11.4 Å². The van der Waals surface area contributed by atoms with Crippen LogP contribution in [0.3, 0.4) is 0 Å². The number of rotatable bonds is 1. The van der Waals surface area contributed by atoms with Crippen LogP contribution >= 0.6 is 0 Å². The maximum absolute atomic E-state index is 13.1. The zero-order valence-electron chi connectivity index (χ0n) is 12.9. The van der Waals surface area contributed by atoms with Gasteiger partial charge in [-0.3, -0.25) is 9.59 Å². The van der Waals surface area contributed by atoms with E-state index in [-0.39, 0.29) is 5.91 Å². The Morgan fingerprint density at radius 1 is 1.17 bits per heavy atom. The van der Waals surface area contributed by atoms with Crippen molar-refractivity contribution < 1.29 is 14.3 Å². The van der Waals surface area contributed by atoms with Crippen molar-refractivity contribution in [1.82, 2.24) is 0 Å². The lowest BCUT2D eigenvalue weighted by atomic mass is 9.78. The van der Waals surface area contributed by atoms with E-state index in [1.54, 1.807) is 11.9 Å². The van der Waals surface area contributed by atoms with Crippen molar-refractivity contribution in [2.45, 2.75) is 11.5 Å². The van der Waals surface area contributed by atoms with Crippen LogP contribution in [0.1, 0.15) is 17.0 Å². The fourth-order valence-corrected chi connectivity index (χ4v) is 3.79. The van der Waals surface area contributed by atoms with Crippen molar-refractivity contribution >= 4 is 23.3 Å². The fraction of sp³-hybridized carbons (Fsp3) is 0.222. The van der Waals surface area contributed by atoms with Gasteiger partial charge in [-0.25, -0.2) is 0 Å². The van der Waals surface area contributed by atoms with E-state index in [1.165, 1.54) is 7.11 Å². The molecule has 1 N–H and O–H groups in total. The highest BCUT2D eigenvalue weighted by atomic mass is 16.5. The summed E-state index contributed by atoms with van der Waals surface area (Å²) < 4.78 is 5.03. The van der Waals surface area contributed by atoms with E-state index in [2.05, 4.69) is 5.32 Å². The van der Waals surface area contributed by atoms with Crippen LogP contribution in [-0.2, 0) is 19.9 Å². The van der Waals surface area contributed by atoms with Crippen LogP contribution in [0.2, 0.25) is 0 Å². The zero-order chi connectivity index (χ0) is 16.2. The van der Waals surface area contributed by atoms with Crippen molar-refractivity contribution in [3.05, 3.63) is 59.7 Å². The molecule has 2 aromatic rings. The van der Waals surface area contributed by atoms with Gasteiger partial charge in [0.05, 0.1) is 7.11 Å². The summed E-state index contributed by atoms with van der Waals surface area (Å²) in [5, 5.41) is 3.32. The van der Waals surface area contributed by atoms with Gasteiger partial charge in [0.1, 0.15) is 5.92 Å². The maximum Gasteiger partial charge on any atom is 0.316 e. The van der Waals surface area contributed by atoms with E-state index < -0.39 is 17.4 Å². The minimum Gasteiger partial charge on any atom is -0.468 e. The molecule has 116 valence electrons. The number of para-hydroxylation sites is 2. The number of hydrogen-bond donors (Lipinski definition) is 1. The number of benzene rings is 2. The molecule has 0 bridgehead atoms. The molecule has 0 saturated heterocycles. The van der Waals surface area contributed by atoms with Gasteiger partial charge < -0.3 is 15.0 Å². The van der Waals surface area contributed by atoms with Crippen LogP contribution in [0, 0.1) is 0 Å². The third-order valence-electron chi connectivity index (χ3n) is 4.81. The Bertz CT molecular complexity index is 833. The van der Waals surface area contributed by atoms with E-state index in [4.69, 9.17) is 4.74 Å². The summed E-state index contributed by atoms with van der Waals surface area (Å²) in [6, 6.07) is 15.1. The average molecular weight is 308 g/mol. The molecule has 0 saturated carbocycles. The largest absolute Gasteiger partial charge is 0.468 e. The number of hydrogen-bond acceptors (Lipinski definition) is 4. The van der Waals surface area contributed by atoms with Crippen molar-refractivity contribution in [2.75, 3.05) is 24.4 Å². The molecule has 2 aromatic carbocycles. The molecular formula is C18H16N2O3. The molecule has 5 heteroatoms. The third-order valence-corrected chi connectivity index (χ3v) is 4.81. The minimum atomic E-state index is -1.14. The third kappa shape index (κ3) is 1.56. The van der Waals surface area contributed by atoms with Gasteiger partial charge >= 0.3 is 5.97 Å². The smallest absolute Gasteiger partial charge is 0.316 e. The van der Waals surface area contributed by atoms with Gasteiger partial charge in [-0.2, -0.15) is 0 Å². The van der Waals surface area contributed by atoms with Gasteiger partial charge in [0, 0.05) is 24.0 Å². The highest BCUT2D eigenvalue weighted by molar-refractivity contribution is 6.14. The second kappa shape index (κ2) is 4.59. The summed E-state index contributed by atoms with van der Waals surface area (Å²) in [4.78, 5) is 27.3. The first kappa shape index (κ1) is 13.8. The Balaban J connectivity index is 2.01. The van der Waals surface area contributed by atoms with E-state index >= 15 is 0 Å². The molecule has 4 rings (SSSR count). The highest BCUT2D eigenvalue weighted by Crippen LogP contribution is 2.55. The molecule has 0 radical (unpaired) electrons. The molecule has 5 nitrogen and oxygen atoms in total. The molecular weight excluding hydrogens is 292 g/mol. The van der Waals surface area contributed by atoms with E-state index in [0.717, 1.165) is 22.5 Å². The lowest BCUT2D eigenvalue weighted by Crippen LogP contribution is -2.48. The Kier molecular flexibility index (Phi) is 2.75. The number of carbonyl (C=O) groups excluding carboxylic acids is 2. The SMILES string of the molecule is COC(=O)C1c2ccccc2NC12C(=O)N(C)c1ccccc12. The molecule has 0 aliphatic carbocycles. The van der Waals surface area contributed by atoms with Gasteiger partial charge in [0.2, 0.25) is 0 Å². The van der Waals surface area contributed by atoms with Crippen molar-refractivity contribution in [3.8, 4) is 0 Å². The average Bonchev–Trinajstić information content (AvgIpc) is 3.04. The number of esters is 1. The number of ether oxygens (including phenoxy) is 1. The van der Waals surface area contributed by atoms with Gasteiger partial charge in [-0.15, -0.1) is 0 Å². The Morgan fingerprint density at radius 3 is 2.65 bits per heavy atom. The molecule has 0 fully saturated rings. The molecule has 2 unspecified atom stereocenters. The van der Waals surface area contributed by atoms with Gasteiger partial charge in [-0.1, -0.05) is 36.4 Å². The lowest BCUT2D eigenvalue weighted by Gasteiger charge is -2.29. The number of methoxy groups -OCH3 is 1. The van der Waals surface area contributed by atoms with E-state index in [1.807, 2.05) is 48.5 Å². The Morgan fingerprint density at radius 2 is 1.87 bits per heavy atom. The number of fused-ring (bicyclic) bond motifs is 3. The summed E-state index contributed by atoms with van der Waals surface area (Å²) in [6.07, 6.45) is 0. The van der Waals surface area contributed by atoms with Crippen LogP contribution in [-0.4, -0.2) is 26.0 Å². The predicted octanol–water partition coefficient (Wildman–Crippen LogP) is 2.24. The van der Waals surface area contributed by atoms with Gasteiger partial charge in [0.15, 0.2) is 5.54 Å². The second-order valence-corrected chi connectivity index (χ2v) is 5.86. The van der Waals surface area contributed by atoms with Gasteiger partial charge in [-0.05, 0) is 17.7 Å². The molecule has 1 spiro atoms. The van der Waals surface area contributed by atoms with Crippen molar-refractivity contribution in [3.63, 3.8) is 0 Å². The highest BCUT2D eigenvalue weighted by Gasteiger charge is 2.62. The molecule has 23 heavy (non-hydrogen) atoms. The van der Waals surface area contributed by atoms with E-state index in [9.17, 15) is 9.59 Å². The predicted molar refractivity (Wildman–Crippen MR) is 86.4 cm³/mol. The number of anilines is 2. The van der Waals surface area contributed by atoms with Crippen LogP contribution in [0.15, 0.2) is 48.5 Å². The Hall–Kier alpha value is -2.82. The van der Waals surface area contributed by atoms with Crippen molar-refractivity contribution in [1.29, 1.82) is 0 Å². The maximum atomic E-state index is 13.1. The zero-order valence-corrected chi connectivity index (χ0v) is 12.9. The van der Waals surface area contributed by atoms with E-state index in [0.29, 0.717) is 0 Å². The first-order valence-corrected chi connectivity index (χ1v) is 7.44. The topological polar surface area (TPSA) is 58.6 Å². The Labute approximate surface area is 133 Å². The first-order chi connectivity index (χ1) is 11.1. The number of nitrogens with one attached hydrogen (secondary N) is 1. The number of likely N-dealkylation sites (N-methyl/N-ethyl adjacent to an activating group) is 1. The summed E-state index contributed by atoms with van der Waals surface area (Å²) in [5.74, 6) is -1.27. The minimum absolute atomic E-state index is 0.148. The first-order valence-electron chi connectivity index (χ1n) is 7.44. The fourth-order valence-electron chi connectivity index (χ4n) is 3.79. The molecule has 2 aliphatic heterocycles. The second-order valence-electron chi connectivity index (χ2n) is 5.86. The monoisotopic (exact) mass is 308 g/mol. The summed E-state index contributed by atoms with van der Waals surface area (Å²) >= 11 is 0. The quantitative estimate of drug-likeness (QED) is 0.821. The summed E-state index contributed by atoms with van der Waals surface area (Å²) in [5.41, 5.74) is 2.06. The lowest BCUT2D eigenvalue weighted by molar-refractivity contribution is -0.146. The van der Waals surface area contributed by atoms with Crippen molar-refractivity contribution in [2.24, 2.45) is 0 Å². The molecule has 2 heterocycles. The van der Waals surface area contributed by atoms with Crippen LogP contribution < -0.4 is 10.2 Å². The molecule has 1 amide bonds. The molecule has 2 atom stereocenters. The molecule has 0 aromatic heterocycles. The summed E-state index contributed by atoms with van der Waals surface area (Å²) in [7, 11) is 3.08.